The van der Waals surface area contributed by atoms with E-state index in [0.29, 0.717) is 0 Å². The van der Waals surface area contributed by atoms with Crippen molar-refractivity contribution in [1.29, 1.82) is 0 Å². The lowest BCUT2D eigenvalue weighted by Gasteiger charge is -2.18. The number of carbonyl (C=O) groups is 1. The Morgan fingerprint density at radius 1 is 1.25 bits per heavy atom. The Morgan fingerprint density at radius 3 is 2.38 bits per heavy atom. The Hall–Kier alpha value is 0.394. The molecule has 0 aliphatic rings. The fraction of sp³-hybridized carbons (Fsp3) is 0.800. The highest BCUT2D eigenvalue weighted by atomic mass is 28.4. The lowest BCUT2D eigenvalue weighted by molar-refractivity contribution is -0.133. The summed E-state index contributed by atoms with van der Waals surface area (Å²) in [4.78, 5) is 10.8. The maximum absolute atomic E-state index is 10.8. The van der Waals surface area contributed by atoms with Gasteiger partial charge in [0.05, 0.1) is 0 Å². The largest absolute Gasteiger partial charge is 0.497 e. The van der Waals surface area contributed by atoms with E-state index in [0.717, 1.165) is 10.5 Å². The smallest absolute Gasteiger partial charge is 0.378 e. The van der Waals surface area contributed by atoms with E-state index in [1.165, 1.54) is 6.92 Å². The van der Waals surface area contributed by atoms with E-state index in [9.17, 15) is 4.79 Å². The summed E-state index contributed by atoms with van der Waals surface area (Å²) in [5, 5.41) is 0. The van der Waals surface area contributed by atoms with Crippen molar-refractivity contribution in [3.05, 3.63) is 0 Å². The zero-order valence-corrected chi connectivity index (χ0v) is 17.6. The fourth-order valence-corrected chi connectivity index (χ4v) is 9.29. The standard InChI is InChI=1S/C5H20O6Si5/c1-4(2)16(7-5(3)6)11-15-10-14-9-13-8-12/h4,16H,13-15H2,1-3,12H3. The molecule has 1 unspecified atom stereocenters. The number of carbonyl (C=O) groups excluding carboxylic acids is 1. The molecule has 0 spiro atoms. The number of hydrogen-bond donors (Lipinski definition) is 0. The van der Waals surface area contributed by atoms with Gasteiger partial charge in [0, 0.05) is 12.5 Å². The molecule has 1 atom stereocenters. The Labute approximate surface area is 108 Å². The summed E-state index contributed by atoms with van der Waals surface area (Å²) in [6.45, 7) is 5.38. The molecular formula is C5H20O6Si5. The van der Waals surface area contributed by atoms with Crippen LogP contribution in [0.4, 0.5) is 0 Å². The van der Waals surface area contributed by atoms with Crippen LogP contribution in [0.25, 0.3) is 0 Å². The lowest BCUT2D eigenvalue weighted by atomic mass is 10.6. The van der Waals surface area contributed by atoms with Gasteiger partial charge in [-0.15, -0.1) is 0 Å². The highest BCUT2D eigenvalue weighted by Crippen LogP contribution is 2.09. The molecule has 11 heteroatoms. The van der Waals surface area contributed by atoms with Gasteiger partial charge in [0.25, 0.3) is 36.0 Å². The maximum Gasteiger partial charge on any atom is 0.378 e. The second-order valence-electron chi connectivity index (χ2n) is 3.44. The van der Waals surface area contributed by atoms with Gasteiger partial charge in [0.15, 0.2) is 0 Å². The van der Waals surface area contributed by atoms with Crippen LogP contribution in [0.5, 0.6) is 0 Å². The molecule has 0 radical (unpaired) electrons. The van der Waals surface area contributed by atoms with E-state index in [4.69, 9.17) is 20.9 Å². The lowest BCUT2D eigenvalue weighted by Crippen LogP contribution is -2.31. The average Bonchev–Trinajstić information content (AvgIpc) is 2.20. The van der Waals surface area contributed by atoms with Crippen LogP contribution in [0.3, 0.4) is 0 Å². The number of hydrogen-bond acceptors (Lipinski definition) is 6. The van der Waals surface area contributed by atoms with Crippen molar-refractivity contribution in [2.24, 2.45) is 0 Å². The molecule has 0 bridgehead atoms. The van der Waals surface area contributed by atoms with E-state index in [2.05, 4.69) is 0 Å². The molecule has 0 aromatic heterocycles. The molecule has 0 heterocycles. The number of rotatable bonds is 9. The molecule has 96 valence electrons. The van der Waals surface area contributed by atoms with Gasteiger partial charge >= 0.3 is 9.28 Å². The molecule has 16 heavy (non-hydrogen) atoms. The van der Waals surface area contributed by atoms with Crippen LogP contribution in [0, 0.1) is 0 Å². The summed E-state index contributed by atoms with van der Waals surface area (Å²) in [6, 6.07) is 0. The molecule has 0 saturated heterocycles. The monoisotopic (exact) mass is 316 g/mol. The van der Waals surface area contributed by atoms with Gasteiger partial charge in [0.2, 0.25) is 0 Å². The molecule has 0 rings (SSSR count). The van der Waals surface area contributed by atoms with Gasteiger partial charge in [-0.1, -0.05) is 13.8 Å². The molecule has 0 N–H and O–H groups in total. The van der Waals surface area contributed by atoms with E-state index < -0.39 is 39.3 Å². The van der Waals surface area contributed by atoms with Crippen LogP contribution in [0.15, 0.2) is 0 Å². The van der Waals surface area contributed by atoms with Crippen molar-refractivity contribution < 1.29 is 25.7 Å². The van der Waals surface area contributed by atoms with Gasteiger partial charge in [-0.25, -0.2) is 0 Å². The first kappa shape index (κ1) is 16.4. The van der Waals surface area contributed by atoms with Crippen LogP contribution in [-0.2, 0) is 25.7 Å². The van der Waals surface area contributed by atoms with Gasteiger partial charge in [-0.2, -0.15) is 0 Å². The topological polar surface area (TPSA) is 63.2 Å². The zero-order chi connectivity index (χ0) is 12.4. The summed E-state index contributed by atoms with van der Waals surface area (Å²) in [7, 11) is -3.88. The average molecular weight is 317 g/mol. The summed E-state index contributed by atoms with van der Waals surface area (Å²) in [5.74, 6) is -0.274. The zero-order valence-electron chi connectivity index (χ0n) is 10.2. The first-order valence-electron chi connectivity index (χ1n) is 5.01. The van der Waals surface area contributed by atoms with Gasteiger partial charge in [-0.05, 0) is 0 Å². The van der Waals surface area contributed by atoms with E-state index >= 15 is 0 Å². The Balaban J connectivity index is 3.56. The van der Waals surface area contributed by atoms with Gasteiger partial charge < -0.3 is 20.9 Å². The van der Waals surface area contributed by atoms with Crippen molar-refractivity contribution >= 4 is 55.8 Å². The van der Waals surface area contributed by atoms with Crippen molar-refractivity contribution in [1.82, 2.24) is 0 Å². The summed E-state index contributed by atoms with van der Waals surface area (Å²) in [5.41, 5.74) is 0.266. The van der Waals surface area contributed by atoms with Gasteiger partial charge in [-0.3, -0.25) is 4.79 Å². The Kier molecular flexibility index (Phi) is 10.8. The third-order valence-electron chi connectivity index (χ3n) is 1.51. The molecule has 0 fully saturated rings. The molecule has 0 aliphatic carbocycles. The highest BCUT2D eigenvalue weighted by Gasteiger charge is 2.21. The van der Waals surface area contributed by atoms with Crippen LogP contribution >= 0.6 is 0 Å². The summed E-state index contributed by atoms with van der Waals surface area (Å²) < 4.78 is 26.2. The second-order valence-corrected chi connectivity index (χ2v) is 13.4. The minimum Gasteiger partial charge on any atom is -0.497 e. The van der Waals surface area contributed by atoms with Crippen LogP contribution in [0.1, 0.15) is 20.8 Å². The van der Waals surface area contributed by atoms with Gasteiger partial charge in [0.1, 0.15) is 10.5 Å². The second kappa shape index (κ2) is 10.5. The molecular weight excluding hydrogens is 296 g/mol. The van der Waals surface area contributed by atoms with Crippen LogP contribution < -0.4 is 0 Å². The van der Waals surface area contributed by atoms with Crippen molar-refractivity contribution in [2.75, 3.05) is 0 Å². The van der Waals surface area contributed by atoms with E-state index in [-0.39, 0.29) is 11.5 Å². The molecule has 0 saturated carbocycles. The first-order chi connectivity index (χ1) is 7.57. The Morgan fingerprint density at radius 2 is 1.88 bits per heavy atom. The van der Waals surface area contributed by atoms with Crippen LogP contribution in [0.2, 0.25) is 5.54 Å². The van der Waals surface area contributed by atoms with Crippen molar-refractivity contribution in [3.63, 3.8) is 0 Å². The normalized spacial score (nSPS) is 15.2. The summed E-state index contributed by atoms with van der Waals surface area (Å²) >= 11 is 0. The van der Waals surface area contributed by atoms with Crippen molar-refractivity contribution in [3.8, 4) is 0 Å². The van der Waals surface area contributed by atoms with E-state index in [1.807, 2.05) is 13.8 Å². The minimum atomic E-state index is -1.88. The highest BCUT2D eigenvalue weighted by molar-refractivity contribution is 6.56. The third-order valence-corrected chi connectivity index (χ3v) is 8.63. The molecule has 6 nitrogen and oxygen atoms in total. The fourth-order valence-electron chi connectivity index (χ4n) is 0.852. The van der Waals surface area contributed by atoms with E-state index in [1.54, 1.807) is 0 Å². The predicted octanol–water partition coefficient (Wildman–Crippen LogP) is -3.48. The molecule has 0 aromatic rings. The molecule has 0 amide bonds. The molecule has 0 aliphatic heterocycles. The SMILES string of the molecule is CC(=O)O[SiH](O[SiH2]O[SiH2]O[SiH2]O[SiH3])C(C)C. The molecule has 0 aromatic carbocycles. The predicted molar refractivity (Wildman–Crippen MR) is 73.9 cm³/mol. The third kappa shape index (κ3) is 9.61. The maximum atomic E-state index is 10.8. The quantitative estimate of drug-likeness (QED) is 0.325. The minimum absolute atomic E-state index is 0.266. The van der Waals surface area contributed by atoms with Crippen molar-refractivity contribution in [2.45, 2.75) is 26.3 Å². The first-order valence-corrected chi connectivity index (χ1v) is 10.9. The Bertz CT molecular complexity index is 192. The summed E-state index contributed by atoms with van der Waals surface area (Å²) in [6.07, 6.45) is 0. The van der Waals surface area contributed by atoms with Crippen LogP contribution in [-0.4, -0.2) is 55.8 Å².